The molecule has 0 aromatic carbocycles. The van der Waals surface area contributed by atoms with E-state index >= 15 is 0 Å². The number of halogens is 1. The second-order valence-corrected chi connectivity index (χ2v) is 5.42. The molecule has 1 aliphatic heterocycles. The molecule has 1 N–H and O–H groups in total. The number of hydrogen-bond donors (Lipinski definition) is 1. The SMILES string of the molecule is CCOC(=O)C1CCCN(/C=C(/C#N)C(=O)NCCCCl)C1. The fraction of sp³-hybridized carbons (Fsp3) is 0.667. The predicted octanol–water partition coefficient (Wildman–Crippen LogP) is 1.41. The molecule has 1 rings (SSSR count). The number of esters is 1. The van der Waals surface area contributed by atoms with Gasteiger partial charge in [0.2, 0.25) is 0 Å². The van der Waals surface area contributed by atoms with Crippen LogP contribution in [0.5, 0.6) is 0 Å². The Kier molecular flexibility index (Phi) is 8.38. The Balaban J connectivity index is 2.62. The molecule has 1 amide bonds. The minimum Gasteiger partial charge on any atom is -0.466 e. The van der Waals surface area contributed by atoms with E-state index in [1.165, 1.54) is 6.20 Å². The van der Waals surface area contributed by atoms with Crippen molar-refractivity contribution in [3.05, 3.63) is 11.8 Å². The van der Waals surface area contributed by atoms with Crippen molar-refractivity contribution in [1.82, 2.24) is 10.2 Å². The molecular formula is C15H22ClN3O3. The van der Waals surface area contributed by atoms with Crippen molar-refractivity contribution >= 4 is 23.5 Å². The first-order valence-corrected chi connectivity index (χ1v) is 8.02. The largest absolute Gasteiger partial charge is 0.466 e. The van der Waals surface area contributed by atoms with E-state index in [0.717, 1.165) is 19.4 Å². The topological polar surface area (TPSA) is 82.4 Å². The second-order valence-electron chi connectivity index (χ2n) is 5.04. The van der Waals surface area contributed by atoms with E-state index in [0.29, 0.717) is 32.0 Å². The lowest BCUT2D eigenvalue weighted by atomic mass is 9.98. The lowest BCUT2D eigenvalue weighted by molar-refractivity contribution is -0.149. The molecule has 0 aromatic rings. The molecule has 0 radical (unpaired) electrons. The van der Waals surface area contributed by atoms with Gasteiger partial charge < -0.3 is 15.0 Å². The Morgan fingerprint density at radius 2 is 2.32 bits per heavy atom. The van der Waals surface area contributed by atoms with Crippen LogP contribution in [-0.4, -0.2) is 48.9 Å². The molecule has 1 heterocycles. The summed E-state index contributed by atoms with van der Waals surface area (Å²) in [5.41, 5.74) is 0.0408. The Morgan fingerprint density at radius 1 is 1.55 bits per heavy atom. The smallest absolute Gasteiger partial charge is 0.310 e. The van der Waals surface area contributed by atoms with Crippen molar-refractivity contribution in [3.63, 3.8) is 0 Å². The van der Waals surface area contributed by atoms with Crippen LogP contribution in [0.4, 0.5) is 0 Å². The Labute approximate surface area is 136 Å². The summed E-state index contributed by atoms with van der Waals surface area (Å²) in [6, 6.07) is 1.90. The van der Waals surface area contributed by atoms with E-state index < -0.39 is 5.91 Å². The van der Waals surface area contributed by atoms with Crippen LogP contribution in [0.15, 0.2) is 11.8 Å². The predicted molar refractivity (Wildman–Crippen MR) is 83.0 cm³/mol. The van der Waals surface area contributed by atoms with Gasteiger partial charge in [-0.25, -0.2) is 0 Å². The number of piperidine rings is 1. The third-order valence-corrected chi connectivity index (χ3v) is 3.61. The van der Waals surface area contributed by atoms with E-state index in [1.807, 2.05) is 11.0 Å². The summed E-state index contributed by atoms with van der Waals surface area (Å²) in [4.78, 5) is 25.5. The number of carbonyl (C=O) groups excluding carboxylic acids is 2. The third-order valence-electron chi connectivity index (χ3n) is 3.35. The molecule has 1 aliphatic rings. The number of alkyl halides is 1. The van der Waals surface area contributed by atoms with E-state index in [-0.39, 0.29) is 17.5 Å². The quantitative estimate of drug-likeness (QED) is 0.251. The molecule has 1 atom stereocenters. The maximum Gasteiger partial charge on any atom is 0.310 e. The highest BCUT2D eigenvalue weighted by Crippen LogP contribution is 2.18. The average Bonchev–Trinajstić information content (AvgIpc) is 2.53. The van der Waals surface area contributed by atoms with Gasteiger partial charge in [-0.05, 0) is 26.2 Å². The summed E-state index contributed by atoms with van der Waals surface area (Å²) in [5, 5.41) is 11.8. The lowest BCUT2D eigenvalue weighted by Gasteiger charge is -2.30. The van der Waals surface area contributed by atoms with Crippen LogP contribution < -0.4 is 5.32 Å². The first kappa shape index (κ1) is 18.3. The number of carbonyl (C=O) groups is 2. The minimum atomic E-state index is -0.411. The molecule has 1 unspecified atom stereocenters. The first-order valence-electron chi connectivity index (χ1n) is 7.49. The number of nitrogens with one attached hydrogen (secondary N) is 1. The molecule has 7 heteroatoms. The summed E-state index contributed by atoms with van der Waals surface area (Å²) >= 11 is 5.54. The molecule has 0 aliphatic carbocycles. The van der Waals surface area contributed by atoms with E-state index in [1.54, 1.807) is 6.92 Å². The fourth-order valence-electron chi connectivity index (χ4n) is 2.26. The Hall–Kier alpha value is -1.74. The van der Waals surface area contributed by atoms with Gasteiger partial charge in [-0.1, -0.05) is 0 Å². The van der Waals surface area contributed by atoms with Gasteiger partial charge in [0.15, 0.2) is 0 Å². The van der Waals surface area contributed by atoms with Crippen LogP contribution >= 0.6 is 11.6 Å². The zero-order valence-electron chi connectivity index (χ0n) is 12.8. The lowest BCUT2D eigenvalue weighted by Crippen LogP contribution is -2.37. The first-order chi connectivity index (χ1) is 10.6. The fourth-order valence-corrected chi connectivity index (χ4v) is 2.39. The van der Waals surface area contributed by atoms with Gasteiger partial charge in [-0.15, -0.1) is 11.6 Å². The zero-order valence-corrected chi connectivity index (χ0v) is 13.6. The zero-order chi connectivity index (χ0) is 16.4. The summed E-state index contributed by atoms with van der Waals surface area (Å²) in [6.07, 6.45) is 3.78. The van der Waals surface area contributed by atoms with Crippen molar-refractivity contribution in [2.45, 2.75) is 26.2 Å². The van der Waals surface area contributed by atoms with Crippen LogP contribution in [0.25, 0.3) is 0 Å². The van der Waals surface area contributed by atoms with E-state index in [2.05, 4.69) is 5.32 Å². The summed E-state index contributed by atoms with van der Waals surface area (Å²) in [7, 11) is 0. The van der Waals surface area contributed by atoms with Crippen LogP contribution in [0, 0.1) is 17.2 Å². The summed E-state index contributed by atoms with van der Waals surface area (Å²) in [6.45, 7) is 3.76. The molecule has 0 aromatic heterocycles. The molecule has 1 saturated heterocycles. The van der Waals surface area contributed by atoms with E-state index in [9.17, 15) is 9.59 Å². The van der Waals surface area contributed by atoms with Crippen molar-refractivity contribution in [3.8, 4) is 6.07 Å². The van der Waals surface area contributed by atoms with Crippen LogP contribution in [0.1, 0.15) is 26.2 Å². The van der Waals surface area contributed by atoms with Gasteiger partial charge >= 0.3 is 5.97 Å². The molecular weight excluding hydrogens is 306 g/mol. The van der Waals surface area contributed by atoms with Gasteiger partial charge in [0.05, 0.1) is 12.5 Å². The number of likely N-dealkylation sites (tertiary alicyclic amines) is 1. The molecule has 1 fully saturated rings. The van der Waals surface area contributed by atoms with Crippen molar-refractivity contribution in [2.75, 3.05) is 32.1 Å². The van der Waals surface area contributed by atoms with Crippen molar-refractivity contribution in [2.24, 2.45) is 5.92 Å². The average molecular weight is 328 g/mol. The monoisotopic (exact) mass is 327 g/mol. The number of nitrogens with zero attached hydrogens (tertiary/aromatic N) is 2. The molecule has 0 spiro atoms. The highest BCUT2D eigenvalue weighted by Gasteiger charge is 2.26. The summed E-state index contributed by atoms with van der Waals surface area (Å²) in [5.74, 6) is -0.375. The Morgan fingerprint density at radius 3 is 2.95 bits per heavy atom. The van der Waals surface area contributed by atoms with Gasteiger partial charge in [0.1, 0.15) is 11.6 Å². The number of amides is 1. The minimum absolute atomic E-state index is 0.0408. The number of hydrogen-bond acceptors (Lipinski definition) is 5. The van der Waals surface area contributed by atoms with E-state index in [4.69, 9.17) is 21.6 Å². The molecule has 22 heavy (non-hydrogen) atoms. The number of nitriles is 1. The van der Waals surface area contributed by atoms with Gasteiger partial charge in [0, 0.05) is 31.7 Å². The van der Waals surface area contributed by atoms with Crippen LogP contribution in [-0.2, 0) is 14.3 Å². The molecule has 0 bridgehead atoms. The molecule has 6 nitrogen and oxygen atoms in total. The number of ether oxygens (including phenoxy) is 1. The summed E-state index contributed by atoms with van der Waals surface area (Å²) < 4.78 is 5.03. The number of rotatable bonds is 7. The van der Waals surface area contributed by atoms with Crippen LogP contribution in [0.2, 0.25) is 0 Å². The Bertz CT molecular complexity index is 459. The second kappa shape index (κ2) is 10.1. The third kappa shape index (κ3) is 5.94. The van der Waals surface area contributed by atoms with Gasteiger partial charge in [0.25, 0.3) is 5.91 Å². The standard InChI is InChI=1S/C15H22ClN3O3/c1-2-22-15(21)12-5-3-8-19(10-12)11-13(9-17)14(20)18-7-4-6-16/h11-12H,2-8,10H2,1H3,(H,18,20)/b13-11-. The maximum absolute atomic E-state index is 11.9. The molecule has 122 valence electrons. The normalized spacial score (nSPS) is 18.5. The van der Waals surface area contributed by atoms with Crippen molar-refractivity contribution in [1.29, 1.82) is 5.26 Å². The van der Waals surface area contributed by atoms with Gasteiger partial charge in [-0.3, -0.25) is 9.59 Å². The van der Waals surface area contributed by atoms with Gasteiger partial charge in [-0.2, -0.15) is 5.26 Å². The maximum atomic E-state index is 11.9. The van der Waals surface area contributed by atoms with Crippen molar-refractivity contribution < 1.29 is 14.3 Å². The highest BCUT2D eigenvalue weighted by molar-refractivity contribution is 6.17. The highest BCUT2D eigenvalue weighted by atomic mass is 35.5. The molecule has 0 saturated carbocycles. The van der Waals surface area contributed by atoms with Crippen LogP contribution in [0.3, 0.4) is 0 Å².